The molecule has 0 aromatic heterocycles. The smallest absolute Gasteiger partial charge is 0.328 e. The fourth-order valence-electron chi connectivity index (χ4n) is 3.80. The Bertz CT molecular complexity index is 624. The van der Waals surface area contributed by atoms with Crippen LogP contribution < -0.4 is 0 Å². The summed E-state index contributed by atoms with van der Waals surface area (Å²) in [7, 11) is 0. The molecule has 4 rings (SSSR count). The summed E-state index contributed by atoms with van der Waals surface area (Å²) < 4.78 is 1.04. The lowest BCUT2D eigenvalue weighted by molar-refractivity contribution is -0.129. The molecule has 3 amide bonds. The Labute approximate surface area is 130 Å². The van der Waals surface area contributed by atoms with Crippen LogP contribution in [0.1, 0.15) is 30.0 Å². The Morgan fingerprint density at radius 2 is 2.05 bits per heavy atom. The molecule has 0 spiro atoms. The molecule has 5 nitrogen and oxygen atoms in total. The molecule has 1 N–H and O–H groups in total. The van der Waals surface area contributed by atoms with Crippen molar-refractivity contribution in [3.05, 3.63) is 33.8 Å². The molecule has 0 saturated carbocycles. The van der Waals surface area contributed by atoms with Gasteiger partial charge in [-0.2, -0.15) is 0 Å². The van der Waals surface area contributed by atoms with E-state index < -0.39 is 12.1 Å². The summed E-state index contributed by atoms with van der Waals surface area (Å²) in [4.78, 5) is 28.0. The fraction of sp³-hybridized carbons (Fsp3) is 0.467. The molecule has 6 heteroatoms. The topological polar surface area (TPSA) is 60.9 Å². The lowest BCUT2D eigenvalue weighted by Crippen LogP contribution is -2.37. The minimum atomic E-state index is -0.574. The summed E-state index contributed by atoms with van der Waals surface area (Å²) in [5.74, 6) is -0.158. The molecular formula is C15H15BrN2O3. The Hall–Kier alpha value is -1.40. The number of hydrogen-bond acceptors (Lipinski definition) is 3. The van der Waals surface area contributed by atoms with Crippen molar-refractivity contribution >= 4 is 27.9 Å². The first-order valence-electron chi connectivity index (χ1n) is 7.17. The molecule has 0 radical (unpaired) electrons. The van der Waals surface area contributed by atoms with Gasteiger partial charge in [0, 0.05) is 17.4 Å². The van der Waals surface area contributed by atoms with Gasteiger partial charge in [0.2, 0.25) is 0 Å². The Morgan fingerprint density at radius 1 is 1.24 bits per heavy atom. The van der Waals surface area contributed by atoms with E-state index in [0.29, 0.717) is 6.42 Å². The van der Waals surface area contributed by atoms with Gasteiger partial charge in [0.15, 0.2) is 0 Å². The van der Waals surface area contributed by atoms with Gasteiger partial charge in [-0.05, 0) is 30.0 Å². The zero-order valence-corrected chi connectivity index (χ0v) is 12.9. The van der Waals surface area contributed by atoms with Gasteiger partial charge in [0.25, 0.3) is 5.91 Å². The summed E-state index contributed by atoms with van der Waals surface area (Å²) in [5, 5.41) is 9.65. The Morgan fingerprint density at radius 3 is 2.81 bits per heavy atom. The zero-order valence-electron chi connectivity index (χ0n) is 11.3. The van der Waals surface area contributed by atoms with Crippen molar-refractivity contribution in [2.45, 2.75) is 37.5 Å². The molecule has 2 aliphatic heterocycles. The third-order valence-corrected chi connectivity index (χ3v) is 5.49. The Balaban J connectivity index is 1.69. The van der Waals surface area contributed by atoms with Crippen molar-refractivity contribution in [1.29, 1.82) is 0 Å². The second-order valence-electron chi connectivity index (χ2n) is 5.91. The number of nitrogens with zero attached hydrogens (tertiary/aromatic N) is 2. The molecule has 21 heavy (non-hydrogen) atoms. The maximum atomic E-state index is 12.6. The minimum Gasteiger partial charge on any atom is -0.391 e. The van der Waals surface area contributed by atoms with Crippen LogP contribution in [0, 0.1) is 0 Å². The van der Waals surface area contributed by atoms with Crippen molar-refractivity contribution in [1.82, 2.24) is 9.80 Å². The highest BCUT2D eigenvalue weighted by Gasteiger charge is 2.53. The van der Waals surface area contributed by atoms with Gasteiger partial charge in [-0.3, -0.25) is 9.69 Å². The maximum Gasteiger partial charge on any atom is 0.328 e. The molecule has 110 valence electrons. The van der Waals surface area contributed by atoms with E-state index in [2.05, 4.69) is 15.9 Å². The second-order valence-corrected chi connectivity index (χ2v) is 6.76. The third kappa shape index (κ3) is 1.78. The first-order valence-corrected chi connectivity index (χ1v) is 7.96. The largest absolute Gasteiger partial charge is 0.391 e. The molecule has 2 heterocycles. The summed E-state index contributed by atoms with van der Waals surface area (Å²) in [5.41, 5.74) is 2.25. The predicted octanol–water partition coefficient (Wildman–Crippen LogP) is 1.83. The highest BCUT2D eigenvalue weighted by atomic mass is 79.9. The van der Waals surface area contributed by atoms with Crippen LogP contribution in [0.15, 0.2) is 22.7 Å². The number of halogens is 1. The average molecular weight is 351 g/mol. The zero-order chi connectivity index (χ0) is 14.7. The van der Waals surface area contributed by atoms with Crippen molar-refractivity contribution in [3.63, 3.8) is 0 Å². The van der Waals surface area contributed by atoms with Crippen molar-refractivity contribution < 1.29 is 14.7 Å². The number of fused-ring (bicyclic) bond motifs is 2. The molecule has 3 aliphatic rings. The normalized spacial score (nSPS) is 31.0. The number of hydrogen-bond donors (Lipinski definition) is 1. The van der Waals surface area contributed by atoms with E-state index in [1.165, 1.54) is 15.4 Å². The number of aliphatic hydroxyl groups is 1. The van der Waals surface area contributed by atoms with Crippen LogP contribution in [0.25, 0.3) is 0 Å². The molecule has 1 aromatic rings. The lowest BCUT2D eigenvalue weighted by Gasteiger charge is -2.24. The van der Waals surface area contributed by atoms with Gasteiger partial charge in [-0.1, -0.05) is 28.1 Å². The van der Waals surface area contributed by atoms with Gasteiger partial charge >= 0.3 is 6.03 Å². The average Bonchev–Trinajstić information content (AvgIpc) is 3.08. The number of carbonyl (C=O) groups excluding carboxylic acids is 2. The molecule has 2 fully saturated rings. The van der Waals surface area contributed by atoms with E-state index in [1.807, 2.05) is 18.2 Å². The minimum absolute atomic E-state index is 0.158. The van der Waals surface area contributed by atoms with Gasteiger partial charge in [-0.15, -0.1) is 0 Å². The van der Waals surface area contributed by atoms with Crippen LogP contribution in [0.4, 0.5) is 4.79 Å². The first-order chi connectivity index (χ1) is 10.1. The number of aliphatic hydroxyl groups excluding tert-OH is 1. The standard InChI is InChI=1S/C15H15BrN2O3/c16-11-3-1-2-10-9(11)4-5-12(10)18-14(20)13-6-8(19)7-17(13)15(18)21/h1-3,8,12-13,19H,4-7H2/t8-,12-,13-/m1/s1. The first kappa shape index (κ1) is 13.3. The van der Waals surface area contributed by atoms with E-state index >= 15 is 0 Å². The number of amides is 3. The van der Waals surface area contributed by atoms with E-state index in [-0.39, 0.29) is 24.5 Å². The second kappa shape index (κ2) is 4.55. The predicted molar refractivity (Wildman–Crippen MR) is 78.6 cm³/mol. The monoisotopic (exact) mass is 350 g/mol. The van der Waals surface area contributed by atoms with Crippen molar-refractivity contribution in [2.24, 2.45) is 0 Å². The van der Waals surface area contributed by atoms with Gasteiger partial charge in [0.05, 0.1) is 12.1 Å². The number of imide groups is 1. The third-order valence-electron chi connectivity index (χ3n) is 4.75. The van der Waals surface area contributed by atoms with Crippen LogP contribution in [-0.4, -0.2) is 45.5 Å². The fourth-order valence-corrected chi connectivity index (χ4v) is 4.38. The molecule has 3 atom stereocenters. The van der Waals surface area contributed by atoms with Crippen LogP contribution in [0.5, 0.6) is 0 Å². The summed E-state index contributed by atoms with van der Waals surface area (Å²) in [6.45, 7) is 0.268. The van der Waals surface area contributed by atoms with Crippen LogP contribution in [-0.2, 0) is 11.2 Å². The van der Waals surface area contributed by atoms with Crippen molar-refractivity contribution in [2.75, 3.05) is 6.54 Å². The van der Waals surface area contributed by atoms with Crippen LogP contribution in [0.3, 0.4) is 0 Å². The van der Waals surface area contributed by atoms with E-state index in [4.69, 9.17) is 0 Å². The van der Waals surface area contributed by atoms with Crippen LogP contribution in [0.2, 0.25) is 0 Å². The maximum absolute atomic E-state index is 12.6. The molecule has 0 bridgehead atoms. The molecule has 1 aromatic carbocycles. The van der Waals surface area contributed by atoms with E-state index in [0.717, 1.165) is 22.9 Å². The number of carbonyl (C=O) groups is 2. The number of benzene rings is 1. The summed E-state index contributed by atoms with van der Waals surface area (Å²) in [6, 6.07) is 5.04. The number of rotatable bonds is 1. The van der Waals surface area contributed by atoms with E-state index in [1.54, 1.807) is 0 Å². The molecular weight excluding hydrogens is 336 g/mol. The number of urea groups is 1. The van der Waals surface area contributed by atoms with Gasteiger partial charge < -0.3 is 10.0 Å². The summed E-state index contributed by atoms with van der Waals surface area (Å²) >= 11 is 3.54. The highest BCUT2D eigenvalue weighted by Crippen LogP contribution is 2.42. The van der Waals surface area contributed by atoms with Gasteiger partial charge in [0.1, 0.15) is 6.04 Å². The highest BCUT2D eigenvalue weighted by molar-refractivity contribution is 9.10. The summed E-state index contributed by atoms with van der Waals surface area (Å²) in [6.07, 6.45) is 1.43. The quantitative estimate of drug-likeness (QED) is 0.786. The molecule has 2 saturated heterocycles. The van der Waals surface area contributed by atoms with Crippen LogP contribution >= 0.6 is 15.9 Å². The van der Waals surface area contributed by atoms with Crippen molar-refractivity contribution in [3.8, 4) is 0 Å². The molecule has 0 unspecified atom stereocenters. The van der Waals surface area contributed by atoms with Gasteiger partial charge in [-0.25, -0.2) is 4.79 Å². The SMILES string of the molecule is O=C1[C@H]2C[C@@H](O)CN2C(=O)N1[C@@H]1CCc2c(Br)cccc21. The van der Waals surface area contributed by atoms with E-state index in [9.17, 15) is 14.7 Å². The lowest BCUT2D eigenvalue weighted by atomic mass is 10.1. The molecule has 1 aliphatic carbocycles. The Kier molecular flexibility index (Phi) is 2.87.